The Balaban J connectivity index is 1.88. The van der Waals surface area contributed by atoms with E-state index in [1.807, 2.05) is 6.07 Å². The molecule has 3 heteroatoms. The second-order valence-corrected chi connectivity index (χ2v) is 6.74. The van der Waals surface area contributed by atoms with E-state index in [2.05, 4.69) is 31.7 Å². The molecule has 0 spiro atoms. The molecular formula is C15H23NOS. The minimum Gasteiger partial charge on any atom is -0.295 e. The lowest BCUT2D eigenvalue weighted by atomic mass is 9.95. The molecule has 1 saturated heterocycles. The predicted octanol–water partition coefficient (Wildman–Crippen LogP) is 3.47. The summed E-state index contributed by atoms with van der Waals surface area (Å²) >= 11 is 1.66. The highest BCUT2D eigenvalue weighted by Gasteiger charge is 2.26. The third kappa shape index (κ3) is 3.21. The smallest absolute Gasteiger partial charge is 0.186 e. The molecule has 2 heterocycles. The highest BCUT2D eigenvalue weighted by Crippen LogP contribution is 2.24. The van der Waals surface area contributed by atoms with Crippen LogP contribution < -0.4 is 0 Å². The average molecular weight is 265 g/mol. The fourth-order valence-electron chi connectivity index (χ4n) is 2.55. The van der Waals surface area contributed by atoms with Crippen LogP contribution >= 0.6 is 11.3 Å². The molecule has 0 bridgehead atoms. The van der Waals surface area contributed by atoms with E-state index >= 15 is 0 Å². The van der Waals surface area contributed by atoms with Crippen molar-refractivity contribution in [2.24, 2.45) is 11.8 Å². The summed E-state index contributed by atoms with van der Waals surface area (Å²) in [4.78, 5) is 16.7. The fourth-order valence-corrected chi connectivity index (χ4v) is 3.43. The lowest BCUT2D eigenvalue weighted by Crippen LogP contribution is -2.28. The molecule has 0 saturated carbocycles. The molecule has 1 aliphatic rings. The number of Topliss-reactive ketones (excluding diaryl/α,β-unsaturated/α-hetero) is 1. The van der Waals surface area contributed by atoms with Gasteiger partial charge in [0.15, 0.2) is 5.78 Å². The Morgan fingerprint density at radius 2 is 2.28 bits per heavy atom. The van der Waals surface area contributed by atoms with Crippen LogP contribution in [-0.4, -0.2) is 30.3 Å². The molecule has 1 aromatic heterocycles. The lowest BCUT2D eigenvalue weighted by molar-refractivity contribution is 0.0946. The van der Waals surface area contributed by atoms with Gasteiger partial charge in [0.2, 0.25) is 0 Å². The predicted molar refractivity (Wildman–Crippen MR) is 77.4 cm³/mol. The summed E-state index contributed by atoms with van der Waals surface area (Å²) in [7, 11) is 0. The normalized spacial score (nSPS) is 20.8. The molecule has 2 rings (SSSR count). The average Bonchev–Trinajstić information content (AvgIpc) is 2.96. The summed E-state index contributed by atoms with van der Waals surface area (Å²) in [5.41, 5.74) is 0. The number of thiophene rings is 1. The number of ketones is 1. The molecule has 0 aromatic carbocycles. The van der Waals surface area contributed by atoms with E-state index in [1.54, 1.807) is 11.3 Å². The number of aryl methyl sites for hydroxylation is 1. The Morgan fingerprint density at radius 3 is 2.83 bits per heavy atom. The van der Waals surface area contributed by atoms with Crippen LogP contribution in [0.4, 0.5) is 0 Å². The SMILES string of the molecule is CCc1ccc(C(=O)CN2CCC(C(C)C)C2)s1. The molecule has 0 aliphatic carbocycles. The highest BCUT2D eigenvalue weighted by atomic mass is 32.1. The van der Waals surface area contributed by atoms with Crippen LogP contribution in [0.3, 0.4) is 0 Å². The third-order valence-corrected chi connectivity index (χ3v) is 5.17. The maximum absolute atomic E-state index is 12.2. The Morgan fingerprint density at radius 1 is 1.50 bits per heavy atom. The van der Waals surface area contributed by atoms with Crippen LogP contribution in [0, 0.1) is 11.8 Å². The lowest BCUT2D eigenvalue weighted by Gasteiger charge is -2.16. The number of rotatable bonds is 5. The monoisotopic (exact) mass is 265 g/mol. The summed E-state index contributed by atoms with van der Waals surface area (Å²) in [6, 6.07) is 4.07. The molecule has 1 aliphatic heterocycles. The van der Waals surface area contributed by atoms with E-state index in [4.69, 9.17) is 0 Å². The number of carbonyl (C=O) groups excluding carboxylic acids is 1. The van der Waals surface area contributed by atoms with Crippen molar-refractivity contribution in [3.05, 3.63) is 21.9 Å². The molecule has 1 fully saturated rings. The molecule has 2 nitrogen and oxygen atoms in total. The van der Waals surface area contributed by atoms with Crippen molar-refractivity contribution in [1.82, 2.24) is 4.90 Å². The zero-order valence-corrected chi connectivity index (χ0v) is 12.4. The topological polar surface area (TPSA) is 20.3 Å². The van der Waals surface area contributed by atoms with Gasteiger partial charge in [0.1, 0.15) is 0 Å². The number of likely N-dealkylation sites (tertiary alicyclic amines) is 1. The van der Waals surface area contributed by atoms with Gasteiger partial charge in [0.25, 0.3) is 0 Å². The van der Waals surface area contributed by atoms with E-state index in [9.17, 15) is 4.79 Å². The minimum absolute atomic E-state index is 0.295. The van der Waals surface area contributed by atoms with Gasteiger partial charge in [0.05, 0.1) is 11.4 Å². The number of nitrogens with zero attached hydrogens (tertiary/aromatic N) is 1. The summed E-state index contributed by atoms with van der Waals surface area (Å²) in [6.07, 6.45) is 2.27. The van der Waals surface area contributed by atoms with E-state index < -0.39 is 0 Å². The van der Waals surface area contributed by atoms with E-state index in [0.717, 1.165) is 36.2 Å². The Labute approximate surface area is 114 Å². The molecule has 0 N–H and O–H groups in total. The zero-order valence-electron chi connectivity index (χ0n) is 11.6. The zero-order chi connectivity index (χ0) is 13.1. The second-order valence-electron chi connectivity index (χ2n) is 5.57. The summed E-state index contributed by atoms with van der Waals surface area (Å²) in [6.45, 7) is 9.47. The van der Waals surface area contributed by atoms with Gasteiger partial charge in [-0.1, -0.05) is 20.8 Å². The van der Waals surface area contributed by atoms with Gasteiger partial charge in [-0.15, -0.1) is 11.3 Å². The van der Waals surface area contributed by atoms with Crippen molar-refractivity contribution in [1.29, 1.82) is 0 Å². The van der Waals surface area contributed by atoms with Crippen LogP contribution in [0.25, 0.3) is 0 Å². The summed E-state index contributed by atoms with van der Waals surface area (Å²) in [5.74, 6) is 1.80. The molecule has 0 radical (unpaired) electrons. The van der Waals surface area contributed by atoms with Gasteiger partial charge in [-0.3, -0.25) is 9.69 Å². The first-order chi connectivity index (χ1) is 8.60. The Hall–Kier alpha value is -0.670. The number of carbonyl (C=O) groups is 1. The van der Waals surface area contributed by atoms with Gasteiger partial charge >= 0.3 is 0 Å². The van der Waals surface area contributed by atoms with Gasteiger partial charge in [-0.25, -0.2) is 0 Å². The van der Waals surface area contributed by atoms with Gasteiger partial charge in [0, 0.05) is 11.4 Å². The van der Waals surface area contributed by atoms with E-state index in [0.29, 0.717) is 12.3 Å². The van der Waals surface area contributed by atoms with Crippen molar-refractivity contribution in [2.75, 3.05) is 19.6 Å². The third-order valence-electron chi connectivity index (χ3n) is 3.90. The molecule has 100 valence electrons. The first-order valence-electron chi connectivity index (χ1n) is 6.94. The number of hydrogen-bond donors (Lipinski definition) is 0. The van der Waals surface area contributed by atoms with Gasteiger partial charge in [-0.2, -0.15) is 0 Å². The summed E-state index contributed by atoms with van der Waals surface area (Å²) in [5, 5.41) is 0. The van der Waals surface area contributed by atoms with Crippen molar-refractivity contribution in [3.8, 4) is 0 Å². The van der Waals surface area contributed by atoms with Gasteiger partial charge in [-0.05, 0) is 43.4 Å². The minimum atomic E-state index is 0.295. The standard InChI is InChI=1S/C15H23NOS/c1-4-13-5-6-15(18-13)14(17)10-16-8-7-12(9-16)11(2)3/h5-6,11-12H,4,7-10H2,1-3H3. The summed E-state index contributed by atoms with van der Waals surface area (Å²) < 4.78 is 0. The van der Waals surface area contributed by atoms with Crippen molar-refractivity contribution in [2.45, 2.75) is 33.6 Å². The van der Waals surface area contributed by atoms with Crippen LogP contribution in [0.15, 0.2) is 12.1 Å². The van der Waals surface area contributed by atoms with Crippen LogP contribution in [-0.2, 0) is 6.42 Å². The van der Waals surface area contributed by atoms with Crippen LogP contribution in [0.5, 0.6) is 0 Å². The first kappa shape index (κ1) is 13.8. The van der Waals surface area contributed by atoms with Gasteiger partial charge < -0.3 is 0 Å². The maximum atomic E-state index is 12.2. The molecule has 1 aromatic rings. The number of hydrogen-bond acceptors (Lipinski definition) is 3. The Kier molecular flexibility index (Phi) is 4.57. The molecule has 0 amide bonds. The maximum Gasteiger partial charge on any atom is 0.186 e. The van der Waals surface area contributed by atoms with Crippen molar-refractivity contribution in [3.63, 3.8) is 0 Å². The largest absolute Gasteiger partial charge is 0.295 e. The van der Waals surface area contributed by atoms with Crippen molar-refractivity contribution < 1.29 is 4.79 Å². The highest BCUT2D eigenvalue weighted by molar-refractivity contribution is 7.14. The quantitative estimate of drug-likeness (QED) is 0.760. The van der Waals surface area contributed by atoms with Crippen LogP contribution in [0.2, 0.25) is 0 Å². The van der Waals surface area contributed by atoms with Crippen molar-refractivity contribution >= 4 is 17.1 Å². The fraction of sp³-hybridized carbons (Fsp3) is 0.667. The molecule has 18 heavy (non-hydrogen) atoms. The van der Waals surface area contributed by atoms with Crippen LogP contribution in [0.1, 0.15) is 41.7 Å². The Bertz CT molecular complexity index is 410. The molecule has 1 atom stereocenters. The molecule has 1 unspecified atom stereocenters. The van der Waals surface area contributed by atoms with E-state index in [1.165, 1.54) is 11.3 Å². The first-order valence-corrected chi connectivity index (χ1v) is 7.76. The molecular weight excluding hydrogens is 242 g/mol. The van der Waals surface area contributed by atoms with E-state index in [-0.39, 0.29) is 0 Å². The second kappa shape index (κ2) is 5.98.